The average molecular weight is 459 g/mol. The maximum Gasteiger partial charge on any atom is 0.263 e. The highest BCUT2D eigenvalue weighted by atomic mass is 35.5. The van der Waals surface area contributed by atoms with Crippen LogP contribution < -0.4 is 9.62 Å². The predicted molar refractivity (Wildman–Crippen MR) is 122 cm³/mol. The predicted octanol–water partition coefficient (Wildman–Crippen LogP) is 5.00. The van der Waals surface area contributed by atoms with Gasteiger partial charge in [-0.2, -0.15) is 0 Å². The fraction of sp³-hybridized carbons (Fsp3) is 0.190. The number of fused-ring (bicyclic) bond motifs is 1. The van der Waals surface area contributed by atoms with Crippen LogP contribution in [-0.2, 0) is 10.0 Å². The van der Waals surface area contributed by atoms with Gasteiger partial charge in [0.1, 0.15) is 0 Å². The maximum atomic E-state index is 12.5. The number of thiazole rings is 1. The lowest BCUT2D eigenvalue weighted by Crippen LogP contribution is -2.21. The Hall–Kier alpha value is -2.55. The highest BCUT2D eigenvalue weighted by Crippen LogP contribution is 2.31. The molecule has 4 aromatic rings. The van der Waals surface area contributed by atoms with Crippen LogP contribution in [0, 0.1) is 0 Å². The molecule has 1 N–H and O–H groups in total. The molecule has 0 aliphatic carbocycles. The summed E-state index contributed by atoms with van der Waals surface area (Å²) < 4.78 is 29.8. The zero-order valence-corrected chi connectivity index (χ0v) is 18.3. The van der Waals surface area contributed by atoms with E-state index in [9.17, 15) is 8.42 Å². The summed E-state index contributed by atoms with van der Waals surface area (Å²) in [4.78, 5) is 6.49. The molecule has 3 heterocycles. The summed E-state index contributed by atoms with van der Waals surface area (Å²) in [6.07, 6.45) is 4.71. The fourth-order valence-corrected chi connectivity index (χ4v) is 5.91. The van der Waals surface area contributed by atoms with Crippen LogP contribution >= 0.6 is 22.9 Å². The molecule has 9 heteroatoms. The topological polar surface area (TPSA) is 67.2 Å². The number of rotatable bonds is 5. The van der Waals surface area contributed by atoms with Crippen LogP contribution in [0.15, 0.2) is 71.2 Å². The van der Waals surface area contributed by atoms with Crippen molar-refractivity contribution in [3.63, 3.8) is 0 Å². The van der Waals surface area contributed by atoms with Gasteiger partial charge in [-0.15, -0.1) is 11.3 Å². The summed E-state index contributed by atoms with van der Waals surface area (Å²) in [5.74, 6) is 0. The first-order chi connectivity index (χ1) is 14.5. The number of nitrogens with zero attached hydrogens (tertiary/aromatic N) is 3. The summed E-state index contributed by atoms with van der Waals surface area (Å²) >= 11 is 7.36. The van der Waals surface area contributed by atoms with Crippen molar-refractivity contribution >= 4 is 54.7 Å². The minimum Gasteiger partial charge on any atom is -0.369 e. The molecule has 0 bridgehead atoms. The number of nitrogens with one attached hydrogen (secondary N) is 1. The van der Waals surface area contributed by atoms with Gasteiger partial charge in [0.15, 0.2) is 5.13 Å². The first kappa shape index (κ1) is 19.4. The number of sulfonamides is 1. The number of anilines is 2. The van der Waals surface area contributed by atoms with Gasteiger partial charge < -0.3 is 9.47 Å². The minimum atomic E-state index is -3.63. The molecular formula is C21H19ClN4O2S2. The van der Waals surface area contributed by atoms with E-state index < -0.39 is 10.0 Å². The lowest BCUT2D eigenvalue weighted by Gasteiger charge is -2.20. The van der Waals surface area contributed by atoms with Crippen LogP contribution in [0.1, 0.15) is 12.5 Å². The number of hydrogen-bond acceptors (Lipinski definition) is 5. The van der Waals surface area contributed by atoms with E-state index in [4.69, 9.17) is 11.6 Å². The van der Waals surface area contributed by atoms with E-state index in [0.29, 0.717) is 11.2 Å². The van der Waals surface area contributed by atoms with Crippen LogP contribution in [-0.4, -0.2) is 31.1 Å². The average Bonchev–Trinajstić information content (AvgIpc) is 3.48. The zero-order valence-electron chi connectivity index (χ0n) is 15.9. The number of benzene rings is 2. The number of hydrogen-bond donors (Lipinski definition) is 1. The number of halogens is 1. The van der Waals surface area contributed by atoms with Crippen molar-refractivity contribution in [3.8, 4) is 0 Å². The molecule has 0 spiro atoms. The second kappa shape index (κ2) is 7.61. The molecule has 0 unspecified atom stereocenters. The van der Waals surface area contributed by atoms with E-state index in [2.05, 4.69) is 37.5 Å². The SMILES string of the molecule is O=S(=O)(Nc1nccs1)c1ccc(N2CC[C@H](n3ccc4cc(Cl)ccc43)C2)cc1. The Labute approximate surface area is 183 Å². The lowest BCUT2D eigenvalue weighted by atomic mass is 10.2. The van der Waals surface area contributed by atoms with E-state index in [-0.39, 0.29) is 4.90 Å². The summed E-state index contributed by atoms with van der Waals surface area (Å²) in [6.45, 7) is 1.79. The summed E-state index contributed by atoms with van der Waals surface area (Å²) in [7, 11) is -3.63. The Morgan fingerprint density at radius 1 is 1.13 bits per heavy atom. The summed E-state index contributed by atoms with van der Waals surface area (Å²) in [5.41, 5.74) is 2.20. The van der Waals surface area contributed by atoms with E-state index >= 15 is 0 Å². The Morgan fingerprint density at radius 2 is 1.97 bits per heavy atom. The van der Waals surface area contributed by atoms with Crippen LogP contribution in [0.3, 0.4) is 0 Å². The molecule has 2 aromatic heterocycles. The lowest BCUT2D eigenvalue weighted by molar-refractivity contribution is 0.571. The van der Waals surface area contributed by atoms with Crippen molar-refractivity contribution in [2.75, 3.05) is 22.7 Å². The molecule has 6 nitrogen and oxygen atoms in total. The van der Waals surface area contributed by atoms with Gasteiger partial charge in [-0.25, -0.2) is 13.4 Å². The summed E-state index contributed by atoms with van der Waals surface area (Å²) in [6, 6.07) is 15.5. The Balaban J connectivity index is 1.32. The monoisotopic (exact) mass is 458 g/mol. The minimum absolute atomic E-state index is 0.227. The van der Waals surface area contributed by atoms with E-state index in [1.807, 2.05) is 24.3 Å². The second-order valence-corrected chi connectivity index (χ2v) is 10.3. The second-order valence-electron chi connectivity index (χ2n) is 7.25. The first-order valence-corrected chi connectivity index (χ1v) is 12.3. The quantitative estimate of drug-likeness (QED) is 0.456. The fourth-order valence-electron chi connectivity index (χ4n) is 3.94. The van der Waals surface area contributed by atoms with Crippen molar-refractivity contribution in [3.05, 3.63) is 71.3 Å². The van der Waals surface area contributed by atoms with Gasteiger partial charge in [-0.1, -0.05) is 11.6 Å². The third kappa shape index (κ3) is 3.66. The molecule has 2 aromatic carbocycles. The standard InChI is InChI=1S/C21H19ClN4O2S2/c22-16-1-6-20-15(13-16)7-11-26(20)18-8-10-25(14-18)17-2-4-19(5-3-17)30(27,28)24-21-23-9-12-29-21/h1-7,9,11-13,18H,8,10,14H2,(H,23,24)/t18-/m0/s1. The Morgan fingerprint density at radius 3 is 2.73 bits per heavy atom. The molecule has 1 saturated heterocycles. The van der Waals surface area contributed by atoms with E-state index in [1.165, 1.54) is 16.9 Å². The molecule has 0 radical (unpaired) electrons. The van der Waals surface area contributed by atoms with Gasteiger partial charge in [0.05, 0.1) is 10.9 Å². The summed E-state index contributed by atoms with van der Waals surface area (Å²) in [5, 5.41) is 3.98. The number of aromatic nitrogens is 2. The maximum absolute atomic E-state index is 12.5. The van der Waals surface area contributed by atoms with Crippen molar-refractivity contribution in [2.24, 2.45) is 0 Å². The van der Waals surface area contributed by atoms with Crippen molar-refractivity contribution in [1.29, 1.82) is 0 Å². The molecule has 1 fully saturated rings. The molecule has 1 aliphatic heterocycles. The third-order valence-electron chi connectivity index (χ3n) is 5.41. The van der Waals surface area contributed by atoms with Gasteiger partial charge in [0, 0.05) is 52.5 Å². The third-order valence-corrected chi connectivity index (χ3v) is 7.81. The van der Waals surface area contributed by atoms with Crippen molar-refractivity contribution in [1.82, 2.24) is 9.55 Å². The van der Waals surface area contributed by atoms with E-state index in [0.717, 1.165) is 35.6 Å². The Bertz CT molecular complexity index is 1280. The van der Waals surface area contributed by atoms with Crippen molar-refractivity contribution < 1.29 is 8.42 Å². The molecule has 30 heavy (non-hydrogen) atoms. The molecular weight excluding hydrogens is 440 g/mol. The molecule has 154 valence electrons. The van der Waals surface area contributed by atoms with Gasteiger partial charge in [0.2, 0.25) is 0 Å². The normalized spacial score (nSPS) is 17.0. The van der Waals surface area contributed by atoms with Crippen LogP contribution in [0.25, 0.3) is 10.9 Å². The zero-order chi connectivity index (χ0) is 20.7. The van der Waals surface area contributed by atoms with Crippen LogP contribution in [0.5, 0.6) is 0 Å². The van der Waals surface area contributed by atoms with Gasteiger partial charge in [0.25, 0.3) is 10.0 Å². The molecule has 0 saturated carbocycles. The Kier molecular flexibility index (Phi) is 4.92. The molecule has 1 atom stereocenters. The molecule has 0 amide bonds. The highest BCUT2D eigenvalue weighted by Gasteiger charge is 2.25. The first-order valence-electron chi connectivity index (χ1n) is 9.53. The van der Waals surface area contributed by atoms with Gasteiger partial charge >= 0.3 is 0 Å². The largest absolute Gasteiger partial charge is 0.369 e. The van der Waals surface area contributed by atoms with Crippen LogP contribution in [0.4, 0.5) is 10.8 Å². The van der Waals surface area contributed by atoms with Gasteiger partial charge in [-0.3, -0.25) is 4.72 Å². The van der Waals surface area contributed by atoms with E-state index in [1.54, 1.807) is 23.7 Å². The molecule has 5 rings (SSSR count). The van der Waals surface area contributed by atoms with Crippen molar-refractivity contribution in [2.45, 2.75) is 17.4 Å². The molecule has 1 aliphatic rings. The van der Waals surface area contributed by atoms with Gasteiger partial charge in [-0.05, 0) is 55.0 Å². The van der Waals surface area contributed by atoms with Crippen LogP contribution in [0.2, 0.25) is 5.02 Å². The smallest absolute Gasteiger partial charge is 0.263 e. The highest BCUT2D eigenvalue weighted by molar-refractivity contribution is 7.93.